The minimum Gasteiger partial charge on any atom is -0.497 e. The Hall–Kier alpha value is -3.15. The molecule has 2 aromatic rings. The number of carbonyl (C=O) groups is 2. The first-order valence-corrected chi connectivity index (χ1v) is 7.53. The molecule has 0 aliphatic heterocycles. The molecule has 0 heterocycles. The summed E-state index contributed by atoms with van der Waals surface area (Å²) in [6, 6.07) is 11.5. The van der Waals surface area contributed by atoms with Gasteiger partial charge in [-0.1, -0.05) is 18.2 Å². The number of carbonyl (C=O) groups excluding carboxylic acids is 2. The number of nitrogens with one attached hydrogen (secondary N) is 1. The summed E-state index contributed by atoms with van der Waals surface area (Å²) in [6.07, 6.45) is 2.77. The molecule has 2 aromatic carbocycles. The summed E-state index contributed by atoms with van der Waals surface area (Å²) in [7, 11) is 1.55. The zero-order valence-electron chi connectivity index (χ0n) is 13.9. The van der Waals surface area contributed by atoms with Crippen molar-refractivity contribution in [3.63, 3.8) is 0 Å². The van der Waals surface area contributed by atoms with Crippen molar-refractivity contribution in [3.8, 4) is 5.75 Å². The van der Waals surface area contributed by atoms with Gasteiger partial charge in [0, 0.05) is 11.8 Å². The standard InChI is InChI=1S/C19H18FNO4/c1-13-6-8-15(11-17(13)20)21-18(22)12-25-19(23)9-7-14-4-3-5-16(10-14)24-2/h3-11H,12H2,1-2H3,(H,21,22). The van der Waals surface area contributed by atoms with E-state index in [1.807, 2.05) is 0 Å². The zero-order valence-corrected chi connectivity index (χ0v) is 13.9. The normalized spacial score (nSPS) is 10.5. The Balaban J connectivity index is 1.83. The fourth-order valence-corrected chi connectivity index (χ4v) is 1.96. The number of halogens is 1. The molecule has 0 spiro atoms. The van der Waals surface area contributed by atoms with E-state index in [0.717, 1.165) is 5.56 Å². The lowest BCUT2D eigenvalue weighted by Crippen LogP contribution is -2.20. The Labute approximate surface area is 145 Å². The van der Waals surface area contributed by atoms with Gasteiger partial charge in [0.05, 0.1) is 7.11 Å². The Morgan fingerprint density at radius 2 is 2.00 bits per heavy atom. The van der Waals surface area contributed by atoms with E-state index in [0.29, 0.717) is 17.0 Å². The maximum Gasteiger partial charge on any atom is 0.331 e. The first kappa shape index (κ1) is 18.2. The second-order valence-electron chi connectivity index (χ2n) is 5.23. The summed E-state index contributed by atoms with van der Waals surface area (Å²) >= 11 is 0. The molecule has 0 saturated carbocycles. The van der Waals surface area contributed by atoms with Crippen molar-refractivity contribution in [2.24, 2.45) is 0 Å². The largest absolute Gasteiger partial charge is 0.497 e. The molecule has 0 fully saturated rings. The number of hydrogen-bond donors (Lipinski definition) is 1. The molecule has 25 heavy (non-hydrogen) atoms. The van der Waals surface area contributed by atoms with Crippen molar-refractivity contribution in [1.29, 1.82) is 0 Å². The van der Waals surface area contributed by atoms with Crippen LogP contribution in [0.2, 0.25) is 0 Å². The summed E-state index contributed by atoms with van der Waals surface area (Å²) in [5, 5.41) is 2.46. The van der Waals surface area contributed by atoms with Crippen LogP contribution in [0.1, 0.15) is 11.1 Å². The molecular formula is C19H18FNO4. The van der Waals surface area contributed by atoms with Crippen LogP contribution in [0.4, 0.5) is 10.1 Å². The molecule has 2 rings (SSSR count). The Morgan fingerprint density at radius 1 is 1.20 bits per heavy atom. The van der Waals surface area contributed by atoms with E-state index in [1.54, 1.807) is 56.5 Å². The van der Waals surface area contributed by atoms with Crippen LogP contribution < -0.4 is 10.1 Å². The van der Waals surface area contributed by atoms with Crippen molar-refractivity contribution in [3.05, 3.63) is 65.5 Å². The van der Waals surface area contributed by atoms with E-state index in [2.05, 4.69) is 5.32 Å². The average molecular weight is 343 g/mol. The number of methoxy groups -OCH3 is 1. The Kier molecular flexibility index (Phi) is 6.28. The van der Waals surface area contributed by atoms with Crippen LogP contribution in [0.3, 0.4) is 0 Å². The third-order valence-corrected chi connectivity index (χ3v) is 3.31. The van der Waals surface area contributed by atoms with Gasteiger partial charge in [0.1, 0.15) is 11.6 Å². The number of aryl methyl sites for hydroxylation is 1. The first-order valence-electron chi connectivity index (χ1n) is 7.53. The fourth-order valence-electron chi connectivity index (χ4n) is 1.96. The minimum atomic E-state index is -0.659. The van der Waals surface area contributed by atoms with E-state index in [1.165, 1.54) is 12.1 Å². The van der Waals surface area contributed by atoms with Crippen LogP contribution in [0.15, 0.2) is 48.5 Å². The summed E-state index contributed by atoms with van der Waals surface area (Å²) in [5.74, 6) is -0.962. The summed E-state index contributed by atoms with van der Waals surface area (Å²) < 4.78 is 23.3. The Morgan fingerprint density at radius 3 is 2.72 bits per heavy atom. The van der Waals surface area contributed by atoms with Gasteiger partial charge in [0.15, 0.2) is 6.61 Å². The van der Waals surface area contributed by atoms with Gasteiger partial charge in [0.2, 0.25) is 0 Å². The summed E-state index contributed by atoms with van der Waals surface area (Å²) in [6.45, 7) is 1.16. The smallest absolute Gasteiger partial charge is 0.331 e. The second-order valence-corrected chi connectivity index (χ2v) is 5.23. The monoisotopic (exact) mass is 343 g/mol. The first-order chi connectivity index (χ1) is 12.0. The Bertz CT molecular complexity index is 802. The lowest BCUT2D eigenvalue weighted by molar-refractivity contribution is -0.142. The van der Waals surface area contributed by atoms with Crippen molar-refractivity contribution in [1.82, 2.24) is 0 Å². The van der Waals surface area contributed by atoms with Gasteiger partial charge in [-0.05, 0) is 48.4 Å². The molecule has 0 aromatic heterocycles. The van der Waals surface area contributed by atoms with Crippen LogP contribution in [0, 0.1) is 12.7 Å². The third-order valence-electron chi connectivity index (χ3n) is 3.31. The predicted octanol–water partition coefficient (Wildman–Crippen LogP) is 3.34. The van der Waals surface area contributed by atoms with Gasteiger partial charge in [-0.3, -0.25) is 4.79 Å². The predicted molar refractivity (Wildman–Crippen MR) is 92.8 cm³/mol. The van der Waals surface area contributed by atoms with Crippen LogP contribution >= 0.6 is 0 Å². The van der Waals surface area contributed by atoms with Crippen molar-refractivity contribution in [2.75, 3.05) is 19.0 Å². The maximum absolute atomic E-state index is 13.4. The van der Waals surface area contributed by atoms with Crippen LogP contribution in [-0.4, -0.2) is 25.6 Å². The van der Waals surface area contributed by atoms with Crippen molar-refractivity contribution >= 4 is 23.6 Å². The number of amides is 1. The third kappa shape index (κ3) is 5.76. The number of rotatable bonds is 6. The molecule has 0 radical (unpaired) electrons. The highest BCUT2D eigenvalue weighted by atomic mass is 19.1. The summed E-state index contributed by atoms with van der Waals surface area (Å²) in [4.78, 5) is 23.4. The molecule has 1 N–H and O–H groups in total. The average Bonchev–Trinajstić information content (AvgIpc) is 2.61. The molecule has 6 heteroatoms. The summed E-state index contributed by atoms with van der Waals surface area (Å²) in [5.41, 5.74) is 1.54. The van der Waals surface area contributed by atoms with Crippen LogP contribution in [0.25, 0.3) is 6.08 Å². The van der Waals surface area contributed by atoms with E-state index >= 15 is 0 Å². The van der Waals surface area contributed by atoms with Gasteiger partial charge < -0.3 is 14.8 Å². The van der Waals surface area contributed by atoms with Gasteiger partial charge in [-0.15, -0.1) is 0 Å². The quantitative estimate of drug-likeness (QED) is 0.645. The van der Waals surface area contributed by atoms with E-state index in [-0.39, 0.29) is 0 Å². The number of benzene rings is 2. The van der Waals surface area contributed by atoms with E-state index in [4.69, 9.17) is 9.47 Å². The second kappa shape index (κ2) is 8.63. The van der Waals surface area contributed by atoms with Crippen LogP contribution in [-0.2, 0) is 14.3 Å². The minimum absolute atomic E-state index is 0.302. The zero-order chi connectivity index (χ0) is 18.2. The SMILES string of the molecule is COc1cccc(C=CC(=O)OCC(=O)Nc2ccc(C)c(F)c2)c1. The van der Waals surface area contributed by atoms with E-state index < -0.39 is 24.3 Å². The van der Waals surface area contributed by atoms with Gasteiger partial charge in [-0.2, -0.15) is 0 Å². The molecule has 0 atom stereocenters. The van der Waals surface area contributed by atoms with Gasteiger partial charge in [-0.25, -0.2) is 9.18 Å². The van der Waals surface area contributed by atoms with Gasteiger partial charge >= 0.3 is 5.97 Å². The fraction of sp³-hybridized carbons (Fsp3) is 0.158. The molecule has 130 valence electrons. The molecule has 0 aliphatic rings. The molecule has 1 amide bonds. The topological polar surface area (TPSA) is 64.6 Å². The number of esters is 1. The van der Waals surface area contributed by atoms with Crippen LogP contribution in [0.5, 0.6) is 5.75 Å². The molecule has 0 unspecified atom stereocenters. The number of hydrogen-bond acceptors (Lipinski definition) is 4. The highest BCUT2D eigenvalue weighted by molar-refractivity contribution is 5.94. The molecule has 0 bridgehead atoms. The van der Waals surface area contributed by atoms with Gasteiger partial charge in [0.25, 0.3) is 5.91 Å². The van der Waals surface area contributed by atoms with Crippen molar-refractivity contribution in [2.45, 2.75) is 6.92 Å². The lowest BCUT2D eigenvalue weighted by Gasteiger charge is -2.06. The molecule has 0 aliphatic carbocycles. The molecular weight excluding hydrogens is 325 g/mol. The van der Waals surface area contributed by atoms with Crippen molar-refractivity contribution < 1.29 is 23.5 Å². The number of anilines is 1. The number of ether oxygens (including phenoxy) is 2. The molecule has 0 saturated heterocycles. The lowest BCUT2D eigenvalue weighted by atomic mass is 10.2. The van der Waals surface area contributed by atoms with E-state index in [9.17, 15) is 14.0 Å². The highest BCUT2D eigenvalue weighted by Crippen LogP contribution is 2.14. The highest BCUT2D eigenvalue weighted by Gasteiger charge is 2.07. The maximum atomic E-state index is 13.4. The molecule has 5 nitrogen and oxygen atoms in total.